The molecule has 0 spiro atoms. The van der Waals surface area contributed by atoms with E-state index in [2.05, 4.69) is 4.90 Å². The third-order valence-electron chi connectivity index (χ3n) is 8.28. The highest BCUT2D eigenvalue weighted by molar-refractivity contribution is 5.81. The Balaban J connectivity index is 1.31. The van der Waals surface area contributed by atoms with Gasteiger partial charge in [0.15, 0.2) is 0 Å². The van der Waals surface area contributed by atoms with Crippen molar-refractivity contribution in [3.8, 4) is 0 Å². The number of aliphatic hydroxyl groups excluding tert-OH is 2. The van der Waals surface area contributed by atoms with Gasteiger partial charge in [-0.2, -0.15) is 0 Å². The Morgan fingerprint density at radius 2 is 1.42 bits per heavy atom. The van der Waals surface area contributed by atoms with E-state index >= 15 is 0 Å². The Morgan fingerprint density at radius 1 is 0.895 bits per heavy atom. The van der Waals surface area contributed by atoms with Gasteiger partial charge in [0.05, 0.1) is 12.7 Å². The summed E-state index contributed by atoms with van der Waals surface area (Å²) in [6.45, 7) is 3.66. The second-order valence-electron chi connectivity index (χ2n) is 10.7. The predicted molar refractivity (Wildman–Crippen MR) is 148 cm³/mol. The fourth-order valence-corrected chi connectivity index (χ4v) is 5.63. The zero-order valence-electron chi connectivity index (χ0n) is 22.0. The molecule has 0 saturated carbocycles. The third kappa shape index (κ3) is 5.84. The average molecular weight is 518 g/mol. The van der Waals surface area contributed by atoms with E-state index in [0.29, 0.717) is 12.0 Å². The number of benzene rings is 3. The molecule has 1 aliphatic rings. The van der Waals surface area contributed by atoms with Crippen molar-refractivity contribution in [2.75, 3.05) is 26.2 Å². The summed E-state index contributed by atoms with van der Waals surface area (Å²) in [5.41, 5.74) is 0.737. The first-order valence-corrected chi connectivity index (χ1v) is 13.5. The number of hydrogen-bond acceptors (Lipinski definition) is 5. The maximum absolute atomic E-state index is 12.1. The fraction of sp³-hybridized carbons (Fsp3) is 0.406. The largest absolute Gasteiger partial charge is 0.481 e. The Morgan fingerprint density at radius 3 is 1.89 bits per heavy atom. The molecule has 0 amide bonds. The van der Waals surface area contributed by atoms with Crippen LogP contribution in [0.25, 0.3) is 0 Å². The number of carbonyl (C=O) groups is 1. The van der Waals surface area contributed by atoms with Crippen molar-refractivity contribution in [2.45, 2.75) is 49.7 Å². The maximum atomic E-state index is 12.1. The summed E-state index contributed by atoms with van der Waals surface area (Å²) < 4.78 is 0. The monoisotopic (exact) mass is 517 g/mol. The van der Waals surface area contributed by atoms with Crippen LogP contribution in [0.3, 0.4) is 0 Å². The van der Waals surface area contributed by atoms with Crippen LogP contribution < -0.4 is 0 Å². The lowest BCUT2D eigenvalue weighted by atomic mass is 9.72. The molecule has 3 aromatic rings. The summed E-state index contributed by atoms with van der Waals surface area (Å²) in [6, 6.07) is 26.8. The summed E-state index contributed by atoms with van der Waals surface area (Å²) in [4.78, 5) is 14.0. The van der Waals surface area contributed by atoms with E-state index in [1.165, 1.54) is 6.92 Å². The Labute approximate surface area is 225 Å². The van der Waals surface area contributed by atoms with E-state index in [-0.39, 0.29) is 5.92 Å². The molecule has 0 radical (unpaired) electrons. The molecule has 0 unspecified atom stereocenters. The number of likely N-dealkylation sites (tertiary alicyclic amines) is 1. The number of carboxylic acids is 1. The molecule has 1 fully saturated rings. The molecule has 1 heterocycles. The lowest BCUT2D eigenvalue weighted by molar-refractivity contribution is -0.144. The van der Waals surface area contributed by atoms with Crippen molar-refractivity contribution < 1.29 is 25.2 Å². The highest BCUT2D eigenvalue weighted by Gasteiger charge is 2.41. The molecule has 6 nitrogen and oxygen atoms in total. The Kier molecular flexibility index (Phi) is 9.00. The minimum atomic E-state index is -1.36. The van der Waals surface area contributed by atoms with Gasteiger partial charge in [0.1, 0.15) is 11.0 Å². The van der Waals surface area contributed by atoms with Crippen LogP contribution in [0.1, 0.15) is 61.0 Å². The minimum absolute atomic E-state index is 0.114. The standard InChI is InChI=1S/C32H39NO5/c1-31(23-34,30(36)37)25-16-14-24(15-17-25)29(35)13-8-20-33-21-18-28(19-22-33)32(38,26-9-4-2-5-10-26)27-11-6-3-7-12-27/h2-7,9-12,14-17,28-29,34-35,38H,8,13,18-23H2,1H3,(H,36,37)/t29-,31+/m1/s1. The number of rotatable bonds is 11. The van der Waals surface area contributed by atoms with Crippen molar-refractivity contribution in [3.05, 3.63) is 107 Å². The molecular formula is C32H39NO5. The number of aliphatic hydroxyl groups is 3. The first-order valence-electron chi connectivity index (χ1n) is 13.5. The minimum Gasteiger partial charge on any atom is -0.481 e. The molecule has 0 aromatic heterocycles. The quantitative estimate of drug-likeness (QED) is 0.299. The van der Waals surface area contributed by atoms with Crippen molar-refractivity contribution in [1.29, 1.82) is 0 Å². The van der Waals surface area contributed by atoms with Crippen LogP contribution in [0.2, 0.25) is 0 Å². The van der Waals surface area contributed by atoms with Gasteiger partial charge in [0, 0.05) is 0 Å². The first kappa shape index (κ1) is 28.0. The Hall–Kier alpha value is -3.03. The van der Waals surface area contributed by atoms with Crippen molar-refractivity contribution in [3.63, 3.8) is 0 Å². The summed E-state index contributed by atoms with van der Waals surface area (Å²) in [5, 5.41) is 41.8. The topological polar surface area (TPSA) is 101 Å². The van der Waals surface area contributed by atoms with Gasteiger partial charge in [-0.25, -0.2) is 0 Å². The van der Waals surface area contributed by atoms with Crippen LogP contribution in [0, 0.1) is 5.92 Å². The van der Waals surface area contributed by atoms with E-state index in [1.54, 1.807) is 24.3 Å². The zero-order valence-corrected chi connectivity index (χ0v) is 22.0. The molecule has 0 bridgehead atoms. The van der Waals surface area contributed by atoms with Gasteiger partial charge in [-0.3, -0.25) is 4.79 Å². The predicted octanol–water partition coefficient (Wildman–Crippen LogP) is 4.48. The number of carboxylic acid groups (broad SMARTS) is 1. The molecule has 4 rings (SSSR count). The highest BCUT2D eigenvalue weighted by Crippen LogP contribution is 2.42. The van der Waals surface area contributed by atoms with Gasteiger partial charge in [-0.05, 0) is 80.4 Å². The molecule has 6 heteroatoms. The third-order valence-corrected chi connectivity index (χ3v) is 8.28. The van der Waals surface area contributed by atoms with E-state index in [0.717, 1.165) is 55.6 Å². The molecule has 4 N–H and O–H groups in total. The summed E-state index contributed by atoms with van der Waals surface area (Å²) >= 11 is 0. The van der Waals surface area contributed by atoms with Crippen molar-refractivity contribution >= 4 is 5.97 Å². The highest BCUT2D eigenvalue weighted by atomic mass is 16.4. The molecule has 38 heavy (non-hydrogen) atoms. The van der Waals surface area contributed by atoms with E-state index in [9.17, 15) is 25.2 Å². The van der Waals surface area contributed by atoms with E-state index in [4.69, 9.17) is 0 Å². The van der Waals surface area contributed by atoms with Crippen molar-refractivity contribution in [2.24, 2.45) is 5.92 Å². The number of aliphatic carboxylic acids is 1. The van der Waals surface area contributed by atoms with Gasteiger partial charge < -0.3 is 25.3 Å². The van der Waals surface area contributed by atoms with Crippen molar-refractivity contribution in [1.82, 2.24) is 4.90 Å². The van der Waals surface area contributed by atoms with Gasteiger partial charge in [-0.1, -0.05) is 84.9 Å². The molecule has 1 aliphatic heterocycles. The van der Waals surface area contributed by atoms with Crippen LogP contribution in [0.4, 0.5) is 0 Å². The smallest absolute Gasteiger partial charge is 0.316 e. The van der Waals surface area contributed by atoms with Crippen LogP contribution in [0.5, 0.6) is 0 Å². The van der Waals surface area contributed by atoms with Gasteiger partial charge in [0.25, 0.3) is 0 Å². The summed E-state index contributed by atoms with van der Waals surface area (Å²) in [7, 11) is 0. The van der Waals surface area contributed by atoms with Crippen LogP contribution in [0.15, 0.2) is 84.9 Å². The molecule has 2 atom stereocenters. The van der Waals surface area contributed by atoms with Gasteiger partial charge in [0.2, 0.25) is 0 Å². The average Bonchev–Trinajstić information content (AvgIpc) is 2.97. The van der Waals surface area contributed by atoms with Gasteiger partial charge in [-0.15, -0.1) is 0 Å². The second kappa shape index (κ2) is 12.2. The van der Waals surface area contributed by atoms with E-state index < -0.39 is 29.7 Å². The zero-order chi connectivity index (χ0) is 27.2. The van der Waals surface area contributed by atoms with Crippen LogP contribution in [-0.2, 0) is 15.8 Å². The number of piperidine rings is 1. The molecule has 0 aliphatic carbocycles. The fourth-order valence-electron chi connectivity index (χ4n) is 5.63. The Bertz CT molecular complexity index is 1120. The summed E-state index contributed by atoms with van der Waals surface area (Å²) in [5.74, 6) is -0.967. The van der Waals surface area contributed by atoms with E-state index in [1.807, 2.05) is 60.7 Å². The molecule has 1 saturated heterocycles. The SMILES string of the molecule is C[C@@](CO)(C(=O)O)c1ccc([C@H](O)CCCN2CCC(C(O)(c3ccccc3)c3ccccc3)CC2)cc1. The second-order valence-corrected chi connectivity index (χ2v) is 10.7. The first-order chi connectivity index (χ1) is 18.3. The molecule has 202 valence electrons. The number of nitrogens with zero attached hydrogens (tertiary/aromatic N) is 1. The van der Waals surface area contributed by atoms with Gasteiger partial charge >= 0.3 is 5.97 Å². The molecule has 3 aromatic carbocycles. The number of hydrogen-bond donors (Lipinski definition) is 4. The lowest BCUT2D eigenvalue weighted by Crippen LogP contribution is -2.44. The molecular weight excluding hydrogens is 478 g/mol. The lowest BCUT2D eigenvalue weighted by Gasteiger charge is -2.42. The van der Waals surface area contributed by atoms with Crippen LogP contribution in [-0.4, -0.2) is 57.5 Å². The summed E-state index contributed by atoms with van der Waals surface area (Å²) in [6.07, 6.45) is 2.58. The maximum Gasteiger partial charge on any atom is 0.316 e. The van der Waals surface area contributed by atoms with Crippen LogP contribution >= 0.6 is 0 Å². The normalized spacial score (nSPS) is 17.6.